The maximum absolute atomic E-state index is 14.1. The summed E-state index contributed by atoms with van der Waals surface area (Å²) in [6.45, 7) is 11.5. The average Bonchev–Trinajstić information content (AvgIpc) is 3.33. The highest BCUT2D eigenvalue weighted by Crippen LogP contribution is 2.21. The molecule has 6 heteroatoms. The number of nitrogens with zero attached hydrogens (tertiary/aromatic N) is 3. The second-order valence-corrected chi connectivity index (χ2v) is 7.48. The van der Waals surface area contributed by atoms with Crippen LogP contribution in [0.3, 0.4) is 0 Å². The molecule has 0 bridgehead atoms. The molecule has 27 heavy (non-hydrogen) atoms. The maximum Gasteiger partial charge on any atom is 0.194 e. The van der Waals surface area contributed by atoms with Crippen molar-refractivity contribution in [3.8, 4) is 5.75 Å². The van der Waals surface area contributed by atoms with E-state index in [0.717, 1.165) is 37.1 Å². The van der Waals surface area contributed by atoms with Crippen molar-refractivity contribution in [2.24, 2.45) is 10.9 Å². The number of guanidine groups is 1. The van der Waals surface area contributed by atoms with E-state index in [2.05, 4.69) is 22.0 Å². The van der Waals surface area contributed by atoms with Crippen molar-refractivity contribution in [3.05, 3.63) is 29.6 Å². The first kappa shape index (κ1) is 19.9. The molecule has 1 aromatic rings. The van der Waals surface area contributed by atoms with E-state index in [1.165, 1.54) is 45.0 Å². The van der Waals surface area contributed by atoms with Gasteiger partial charge in [-0.25, -0.2) is 9.38 Å². The summed E-state index contributed by atoms with van der Waals surface area (Å²) in [5.41, 5.74) is 0.860. The zero-order valence-electron chi connectivity index (χ0n) is 16.7. The lowest BCUT2D eigenvalue weighted by Gasteiger charge is -2.23. The number of rotatable bonds is 7. The summed E-state index contributed by atoms with van der Waals surface area (Å²) in [6.07, 6.45) is 3.91. The summed E-state index contributed by atoms with van der Waals surface area (Å²) < 4.78 is 19.3. The lowest BCUT2D eigenvalue weighted by molar-refractivity contribution is 0.281. The van der Waals surface area contributed by atoms with E-state index in [4.69, 9.17) is 9.73 Å². The quantitative estimate of drug-likeness (QED) is 0.586. The Hall–Kier alpha value is -1.82. The fraction of sp³-hybridized carbons (Fsp3) is 0.667. The number of likely N-dealkylation sites (tertiary alicyclic amines) is 2. The Balaban J connectivity index is 1.58. The van der Waals surface area contributed by atoms with Crippen LogP contribution in [-0.2, 0) is 6.54 Å². The van der Waals surface area contributed by atoms with E-state index in [9.17, 15) is 4.39 Å². The number of hydrogen-bond donors (Lipinski definition) is 1. The Kier molecular flexibility index (Phi) is 7.33. The second kappa shape index (κ2) is 9.93. The molecular formula is C21H33FN4O. The third-order valence-corrected chi connectivity index (χ3v) is 5.34. The number of benzene rings is 1. The predicted molar refractivity (Wildman–Crippen MR) is 108 cm³/mol. The minimum Gasteiger partial charge on any atom is -0.491 e. The van der Waals surface area contributed by atoms with Crippen molar-refractivity contribution in [2.45, 2.75) is 39.7 Å². The molecule has 0 spiro atoms. The van der Waals surface area contributed by atoms with Crippen LogP contribution in [0.1, 0.15) is 38.7 Å². The van der Waals surface area contributed by atoms with Gasteiger partial charge in [-0.05, 0) is 69.8 Å². The molecule has 1 atom stereocenters. The summed E-state index contributed by atoms with van der Waals surface area (Å²) in [5, 5.41) is 3.40. The third kappa shape index (κ3) is 5.58. The summed E-state index contributed by atoms with van der Waals surface area (Å²) in [4.78, 5) is 9.71. The van der Waals surface area contributed by atoms with Gasteiger partial charge in [-0.1, -0.05) is 6.07 Å². The zero-order chi connectivity index (χ0) is 19.1. The fourth-order valence-electron chi connectivity index (χ4n) is 4.01. The molecule has 150 valence electrons. The van der Waals surface area contributed by atoms with Crippen LogP contribution in [0, 0.1) is 11.7 Å². The molecule has 2 aliphatic rings. The number of aliphatic imine (C=N–C) groups is 1. The third-order valence-electron chi connectivity index (χ3n) is 5.34. The molecule has 2 aliphatic heterocycles. The summed E-state index contributed by atoms with van der Waals surface area (Å²) in [6, 6.07) is 5.11. The minimum absolute atomic E-state index is 0.307. The van der Waals surface area contributed by atoms with Crippen LogP contribution in [-0.4, -0.2) is 61.6 Å². The van der Waals surface area contributed by atoms with E-state index in [0.29, 0.717) is 18.9 Å². The Bertz CT molecular complexity index is 631. The summed E-state index contributed by atoms with van der Waals surface area (Å²) in [5.74, 6) is 1.65. The molecule has 2 saturated heterocycles. The molecule has 0 saturated carbocycles. The Labute approximate surface area is 162 Å². The van der Waals surface area contributed by atoms with Gasteiger partial charge in [0.15, 0.2) is 17.5 Å². The first-order chi connectivity index (χ1) is 13.2. The van der Waals surface area contributed by atoms with Gasteiger partial charge >= 0.3 is 0 Å². The highest BCUT2D eigenvalue weighted by molar-refractivity contribution is 5.80. The van der Waals surface area contributed by atoms with Gasteiger partial charge in [0.25, 0.3) is 0 Å². The SMILES string of the molecule is CCNC(=NCc1ccc(OCC)c(F)c1)N1CCC(CN2CCCC2)C1. The van der Waals surface area contributed by atoms with Crippen molar-refractivity contribution in [1.29, 1.82) is 0 Å². The van der Waals surface area contributed by atoms with E-state index in [-0.39, 0.29) is 5.82 Å². The summed E-state index contributed by atoms with van der Waals surface area (Å²) in [7, 11) is 0. The first-order valence-corrected chi connectivity index (χ1v) is 10.4. The minimum atomic E-state index is -0.318. The normalized spacial score (nSPS) is 21.1. The van der Waals surface area contributed by atoms with Gasteiger partial charge in [-0.2, -0.15) is 0 Å². The molecule has 0 aromatic heterocycles. The summed E-state index contributed by atoms with van der Waals surface area (Å²) >= 11 is 0. The van der Waals surface area contributed by atoms with Gasteiger partial charge < -0.3 is 19.9 Å². The Morgan fingerprint density at radius 2 is 2.07 bits per heavy atom. The van der Waals surface area contributed by atoms with Crippen molar-refractivity contribution in [1.82, 2.24) is 15.1 Å². The highest BCUT2D eigenvalue weighted by Gasteiger charge is 2.27. The van der Waals surface area contributed by atoms with E-state index < -0.39 is 0 Å². The van der Waals surface area contributed by atoms with Gasteiger partial charge in [0.1, 0.15) is 0 Å². The average molecular weight is 377 g/mol. The maximum atomic E-state index is 14.1. The molecule has 0 radical (unpaired) electrons. The van der Waals surface area contributed by atoms with Gasteiger partial charge in [-0.15, -0.1) is 0 Å². The van der Waals surface area contributed by atoms with Crippen molar-refractivity contribution in [3.63, 3.8) is 0 Å². The van der Waals surface area contributed by atoms with Crippen LogP contribution in [0.4, 0.5) is 4.39 Å². The molecule has 0 amide bonds. The van der Waals surface area contributed by atoms with Crippen molar-refractivity contribution < 1.29 is 9.13 Å². The molecule has 1 unspecified atom stereocenters. The fourth-order valence-corrected chi connectivity index (χ4v) is 4.01. The van der Waals surface area contributed by atoms with Crippen LogP contribution < -0.4 is 10.1 Å². The van der Waals surface area contributed by atoms with Crippen molar-refractivity contribution in [2.75, 3.05) is 45.9 Å². The predicted octanol–water partition coefficient (Wildman–Crippen LogP) is 3.11. The lowest BCUT2D eigenvalue weighted by atomic mass is 10.1. The second-order valence-electron chi connectivity index (χ2n) is 7.48. The Morgan fingerprint density at radius 3 is 2.78 bits per heavy atom. The molecular weight excluding hydrogens is 343 g/mol. The highest BCUT2D eigenvalue weighted by atomic mass is 19.1. The number of hydrogen-bond acceptors (Lipinski definition) is 3. The molecule has 0 aliphatic carbocycles. The standard InChI is InChI=1S/C21H33FN4O/c1-3-23-21(24-14-17-7-8-20(27-4-2)19(22)13-17)26-12-9-18(16-26)15-25-10-5-6-11-25/h7-8,13,18H,3-6,9-12,14-16H2,1-2H3,(H,23,24). The topological polar surface area (TPSA) is 40.1 Å². The molecule has 2 fully saturated rings. The van der Waals surface area contributed by atoms with E-state index in [1.807, 2.05) is 13.0 Å². The first-order valence-electron chi connectivity index (χ1n) is 10.4. The molecule has 3 rings (SSSR count). The molecule has 1 N–H and O–H groups in total. The van der Waals surface area contributed by atoms with Crippen molar-refractivity contribution >= 4 is 5.96 Å². The smallest absolute Gasteiger partial charge is 0.194 e. The zero-order valence-corrected chi connectivity index (χ0v) is 16.7. The van der Waals surface area contributed by atoms with Gasteiger partial charge in [0, 0.05) is 26.2 Å². The van der Waals surface area contributed by atoms with E-state index >= 15 is 0 Å². The monoisotopic (exact) mass is 376 g/mol. The number of ether oxygens (including phenoxy) is 1. The lowest BCUT2D eigenvalue weighted by Crippen LogP contribution is -2.40. The van der Waals surface area contributed by atoms with Crippen LogP contribution in [0.25, 0.3) is 0 Å². The number of nitrogens with one attached hydrogen (secondary N) is 1. The van der Waals surface area contributed by atoms with Gasteiger partial charge in [0.05, 0.1) is 13.2 Å². The molecule has 1 aromatic carbocycles. The molecule has 2 heterocycles. The number of halogens is 1. The Morgan fingerprint density at radius 1 is 1.26 bits per heavy atom. The van der Waals surface area contributed by atoms with Gasteiger partial charge in [-0.3, -0.25) is 0 Å². The van der Waals surface area contributed by atoms with Crippen LogP contribution >= 0.6 is 0 Å². The van der Waals surface area contributed by atoms with Crippen LogP contribution in [0.5, 0.6) is 5.75 Å². The van der Waals surface area contributed by atoms with Crippen LogP contribution in [0.2, 0.25) is 0 Å². The van der Waals surface area contributed by atoms with Gasteiger partial charge in [0.2, 0.25) is 0 Å². The molecule has 5 nitrogen and oxygen atoms in total. The van der Waals surface area contributed by atoms with Crippen LogP contribution in [0.15, 0.2) is 23.2 Å². The largest absolute Gasteiger partial charge is 0.491 e. The van der Waals surface area contributed by atoms with E-state index in [1.54, 1.807) is 6.07 Å².